The third-order valence-corrected chi connectivity index (χ3v) is 1.11. The Labute approximate surface area is 56.0 Å². The van der Waals surface area contributed by atoms with Crippen LogP contribution < -0.4 is 0 Å². The average molecular weight is 127 g/mol. The second-order valence-corrected chi connectivity index (χ2v) is 2.48. The lowest BCUT2D eigenvalue weighted by molar-refractivity contribution is -0.117. The van der Waals surface area contributed by atoms with E-state index in [1.165, 1.54) is 0 Å². The molecule has 2 heteroatoms. The van der Waals surface area contributed by atoms with Gasteiger partial charge in [0, 0.05) is 6.42 Å². The van der Waals surface area contributed by atoms with Crippen LogP contribution in [0, 0.1) is 5.92 Å². The maximum absolute atomic E-state index is 10.5. The van der Waals surface area contributed by atoms with E-state index in [0.717, 1.165) is 6.42 Å². The van der Waals surface area contributed by atoms with Crippen molar-refractivity contribution >= 4 is 12.6 Å². The van der Waals surface area contributed by atoms with Gasteiger partial charge in [0.1, 0.15) is 0 Å². The molecule has 0 rings (SSSR count). The number of aliphatic imine (C=N–C) groups is 1. The van der Waals surface area contributed by atoms with Gasteiger partial charge in [-0.15, -0.1) is 0 Å². The normalized spacial score (nSPS) is 9.67. The molecule has 0 aliphatic carbocycles. The molecule has 0 bridgehead atoms. The van der Waals surface area contributed by atoms with E-state index in [1.54, 1.807) is 0 Å². The van der Waals surface area contributed by atoms with Crippen molar-refractivity contribution in [1.29, 1.82) is 0 Å². The maximum Gasteiger partial charge on any atom is 0.245 e. The molecule has 0 spiro atoms. The lowest BCUT2D eigenvalue weighted by atomic mass is 10.1. The van der Waals surface area contributed by atoms with Crippen molar-refractivity contribution in [1.82, 2.24) is 0 Å². The Hall–Kier alpha value is -0.660. The average Bonchev–Trinajstić information content (AvgIpc) is 1.83. The minimum atomic E-state index is -0.0938. The van der Waals surface area contributed by atoms with Crippen molar-refractivity contribution < 1.29 is 4.79 Å². The second-order valence-electron chi connectivity index (χ2n) is 2.48. The van der Waals surface area contributed by atoms with Gasteiger partial charge in [-0.3, -0.25) is 4.79 Å². The van der Waals surface area contributed by atoms with E-state index in [1.807, 2.05) is 0 Å². The van der Waals surface area contributed by atoms with Crippen LogP contribution in [0.4, 0.5) is 0 Å². The van der Waals surface area contributed by atoms with E-state index in [9.17, 15) is 4.79 Å². The van der Waals surface area contributed by atoms with Gasteiger partial charge in [-0.2, -0.15) is 0 Å². The van der Waals surface area contributed by atoms with Crippen molar-refractivity contribution in [2.75, 3.05) is 0 Å². The third-order valence-electron chi connectivity index (χ3n) is 1.11. The molecular weight excluding hydrogens is 114 g/mol. The molecule has 0 unspecified atom stereocenters. The van der Waals surface area contributed by atoms with Gasteiger partial charge in [0.15, 0.2) is 0 Å². The standard InChI is InChI=1S/C7H13NO/c1-6(2)4-5-7(9)8-3/h6H,3-5H2,1-2H3. The van der Waals surface area contributed by atoms with Crippen LogP contribution in [0.1, 0.15) is 26.7 Å². The number of amides is 1. The highest BCUT2D eigenvalue weighted by atomic mass is 16.1. The Balaban J connectivity index is 3.27. The fourth-order valence-corrected chi connectivity index (χ4v) is 0.491. The predicted octanol–water partition coefficient (Wildman–Crippen LogP) is 1.65. The molecule has 0 aliphatic heterocycles. The van der Waals surface area contributed by atoms with Gasteiger partial charge in [-0.1, -0.05) is 13.8 Å². The molecule has 0 aromatic heterocycles. The minimum Gasteiger partial charge on any atom is -0.273 e. The second kappa shape index (κ2) is 4.24. The molecule has 52 valence electrons. The summed E-state index contributed by atoms with van der Waals surface area (Å²) in [4.78, 5) is 13.8. The quantitative estimate of drug-likeness (QED) is 0.530. The molecule has 1 amide bonds. The summed E-state index contributed by atoms with van der Waals surface area (Å²) in [7, 11) is 0. The summed E-state index contributed by atoms with van der Waals surface area (Å²) in [5.74, 6) is 0.486. The molecule has 2 nitrogen and oxygen atoms in total. The Morgan fingerprint density at radius 3 is 2.56 bits per heavy atom. The molecule has 0 aliphatic rings. The summed E-state index contributed by atoms with van der Waals surface area (Å²) in [6, 6.07) is 0. The van der Waals surface area contributed by atoms with Gasteiger partial charge < -0.3 is 0 Å². The Morgan fingerprint density at radius 1 is 1.67 bits per heavy atom. The van der Waals surface area contributed by atoms with Crippen LogP contribution in [0.25, 0.3) is 0 Å². The molecule has 9 heavy (non-hydrogen) atoms. The molecule has 0 N–H and O–H groups in total. The van der Waals surface area contributed by atoms with Crippen LogP contribution in [0.2, 0.25) is 0 Å². The topological polar surface area (TPSA) is 29.4 Å². The zero-order valence-corrected chi connectivity index (χ0v) is 6.05. The molecule has 0 fully saturated rings. The van der Waals surface area contributed by atoms with Crippen LogP contribution in [-0.4, -0.2) is 12.6 Å². The Kier molecular flexibility index (Phi) is 3.93. The fraction of sp³-hybridized carbons (Fsp3) is 0.714. The number of carbonyl (C=O) groups excluding carboxylic acids is 1. The lowest BCUT2D eigenvalue weighted by Crippen LogP contribution is -1.95. The van der Waals surface area contributed by atoms with Crippen LogP contribution >= 0.6 is 0 Å². The molecule has 0 heterocycles. The van der Waals surface area contributed by atoms with Crippen molar-refractivity contribution in [3.8, 4) is 0 Å². The van der Waals surface area contributed by atoms with Crippen molar-refractivity contribution in [2.24, 2.45) is 10.9 Å². The number of hydrogen-bond donors (Lipinski definition) is 0. The monoisotopic (exact) mass is 127 g/mol. The molecule has 0 radical (unpaired) electrons. The molecule has 0 saturated heterocycles. The van der Waals surface area contributed by atoms with E-state index in [0.29, 0.717) is 12.3 Å². The van der Waals surface area contributed by atoms with Gasteiger partial charge in [-0.05, 0) is 19.1 Å². The number of nitrogens with zero attached hydrogens (tertiary/aromatic N) is 1. The first kappa shape index (κ1) is 8.34. The zero-order chi connectivity index (χ0) is 7.28. The van der Waals surface area contributed by atoms with E-state index < -0.39 is 0 Å². The Bertz CT molecular complexity index is 107. The van der Waals surface area contributed by atoms with Gasteiger partial charge >= 0.3 is 0 Å². The molecular formula is C7H13NO. The SMILES string of the molecule is C=NC(=O)CCC(C)C. The van der Waals surface area contributed by atoms with E-state index in [4.69, 9.17) is 0 Å². The van der Waals surface area contributed by atoms with Crippen LogP contribution in [0.15, 0.2) is 4.99 Å². The minimum absolute atomic E-state index is 0.0938. The van der Waals surface area contributed by atoms with E-state index in [2.05, 4.69) is 25.6 Å². The highest BCUT2D eigenvalue weighted by molar-refractivity contribution is 5.80. The molecule has 0 aromatic carbocycles. The van der Waals surface area contributed by atoms with Crippen molar-refractivity contribution in [3.63, 3.8) is 0 Å². The first-order valence-corrected chi connectivity index (χ1v) is 3.16. The van der Waals surface area contributed by atoms with E-state index in [-0.39, 0.29) is 5.91 Å². The summed E-state index contributed by atoms with van der Waals surface area (Å²) in [6.45, 7) is 7.30. The number of hydrogen-bond acceptors (Lipinski definition) is 1. The fourth-order valence-electron chi connectivity index (χ4n) is 0.491. The summed E-state index contributed by atoms with van der Waals surface area (Å²) >= 11 is 0. The highest BCUT2D eigenvalue weighted by Gasteiger charge is 1.98. The van der Waals surface area contributed by atoms with Gasteiger partial charge in [0.05, 0.1) is 0 Å². The summed E-state index contributed by atoms with van der Waals surface area (Å²) in [6.07, 6.45) is 1.46. The first-order chi connectivity index (χ1) is 4.16. The predicted molar refractivity (Wildman–Crippen MR) is 38.6 cm³/mol. The smallest absolute Gasteiger partial charge is 0.245 e. The summed E-state index contributed by atoms with van der Waals surface area (Å²) in [5, 5.41) is 0. The van der Waals surface area contributed by atoms with E-state index >= 15 is 0 Å². The Morgan fingerprint density at radius 2 is 2.22 bits per heavy atom. The van der Waals surface area contributed by atoms with Crippen LogP contribution in [0.3, 0.4) is 0 Å². The lowest BCUT2D eigenvalue weighted by Gasteiger charge is -1.98. The first-order valence-electron chi connectivity index (χ1n) is 3.16. The molecule has 0 aromatic rings. The van der Waals surface area contributed by atoms with Crippen LogP contribution in [0.5, 0.6) is 0 Å². The summed E-state index contributed by atoms with van der Waals surface area (Å²) in [5.41, 5.74) is 0. The third kappa shape index (κ3) is 5.21. The van der Waals surface area contributed by atoms with Crippen molar-refractivity contribution in [2.45, 2.75) is 26.7 Å². The zero-order valence-electron chi connectivity index (χ0n) is 6.05. The van der Waals surface area contributed by atoms with Gasteiger partial charge in [0.25, 0.3) is 0 Å². The molecule has 0 atom stereocenters. The molecule has 0 saturated carbocycles. The summed E-state index contributed by atoms with van der Waals surface area (Å²) < 4.78 is 0. The van der Waals surface area contributed by atoms with Gasteiger partial charge in [-0.25, -0.2) is 4.99 Å². The largest absolute Gasteiger partial charge is 0.273 e. The number of rotatable bonds is 3. The van der Waals surface area contributed by atoms with Gasteiger partial charge in [0.2, 0.25) is 5.91 Å². The van der Waals surface area contributed by atoms with Crippen molar-refractivity contribution in [3.05, 3.63) is 0 Å². The number of carbonyl (C=O) groups is 1. The van der Waals surface area contributed by atoms with Crippen LogP contribution in [-0.2, 0) is 4.79 Å². The highest BCUT2D eigenvalue weighted by Crippen LogP contribution is 2.03. The maximum atomic E-state index is 10.5.